The Morgan fingerprint density at radius 1 is 1.18 bits per heavy atom. The van der Waals surface area contributed by atoms with Gasteiger partial charge in [-0.25, -0.2) is 0 Å². The number of nitrogens with one attached hydrogen (secondary N) is 1. The predicted molar refractivity (Wildman–Crippen MR) is 72.7 cm³/mol. The maximum atomic E-state index is 5.85. The topological polar surface area (TPSA) is 47.3 Å². The zero-order valence-corrected chi connectivity index (χ0v) is 11.6. The van der Waals surface area contributed by atoms with Crippen molar-refractivity contribution in [2.24, 2.45) is 5.84 Å². The van der Waals surface area contributed by atoms with E-state index in [4.69, 9.17) is 10.6 Å². The van der Waals surface area contributed by atoms with Gasteiger partial charge in [0.15, 0.2) is 0 Å². The van der Waals surface area contributed by atoms with Crippen LogP contribution < -0.4 is 11.3 Å². The summed E-state index contributed by atoms with van der Waals surface area (Å²) in [5, 5.41) is 0. The van der Waals surface area contributed by atoms with Crippen molar-refractivity contribution in [3.63, 3.8) is 0 Å². The second kappa shape index (κ2) is 8.06. The molecule has 0 radical (unpaired) electrons. The summed E-state index contributed by atoms with van der Waals surface area (Å²) < 4.78 is 5.85. The number of methoxy groups -OCH3 is 1. The molecule has 0 aromatic carbocycles. The Balaban J connectivity index is 2.44. The number of unbranched alkanes of at least 4 members (excludes halogenated alkanes) is 3. The highest BCUT2D eigenvalue weighted by Crippen LogP contribution is 2.35. The Bertz CT molecular complexity index is 191. The molecule has 0 amide bonds. The van der Waals surface area contributed by atoms with Crippen LogP contribution >= 0.6 is 0 Å². The van der Waals surface area contributed by atoms with Gasteiger partial charge in [0.05, 0.1) is 11.6 Å². The van der Waals surface area contributed by atoms with Gasteiger partial charge < -0.3 is 4.74 Å². The Morgan fingerprint density at radius 2 is 1.88 bits per heavy atom. The van der Waals surface area contributed by atoms with Crippen LogP contribution in [0.2, 0.25) is 0 Å². The average molecular weight is 242 g/mol. The molecule has 1 rings (SSSR count). The zero-order chi connectivity index (χ0) is 12.6. The molecule has 0 spiro atoms. The molecule has 1 unspecified atom stereocenters. The third-order valence-corrected chi connectivity index (χ3v) is 4.29. The van der Waals surface area contributed by atoms with Crippen molar-refractivity contribution in [1.82, 2.24) is 5.43 Å². The van der Waals surface area contributed by atoms with Gasteiger partial charge in [0.2, 0.25) is 0 Å². The third kappa shape index (κ3) is 4.23. The van der Waals surface area contributed by atoms with Crippen LogP contribution in [0.3, 0.4) is 0 Å². The molecule has 17 heavy (non-hydrogen) atoms. The summed E-state index contributed by atoms with van der Waals surface area (Å²) >= 11 is 0. The molecular formula is C14H30N2O. The summed E-state index contributed by atoms with van der Waals surface area (Å²) in [7, 11) is 1.85. The normalized spacial score (nSPS) is 21.4. The van der Waals surface area contributed by atoms with Crippen LogP contribution in [0.25, 0.3) is 0 Å². The fourth-order valence-corrected chi connectivity index (χ4v) is 3.12. The highest BCUT2D eigenvalue weighted by molar-refractivity contribution is 4.94. The second-order valence-corrected chi connectivity index (χ2v) is 5.40. The smallest absolute Gasteiger partial charge is 0.0844 e. The standard InChI is InChI=1S/C14H30N2O/c1-3-4-5-7-10-13(16-15)14(17-2)11-8-6-9-12-14/h13,16H,3-12,15H2,1-2H3. The first-order valence-electron chi connectivity index (χ1n) is 7.30. The second-order valence-electron chi connectivity index (χ2n) is 5.40. The Morgan fingerprint density at radius 3 is 2.41 bits per heavy atom. The maximum absolute atomic E-state index is 5.85. The van der Waals surface area contributed by atoms with Crippen LogP contribution in [0, 0.1) is 0 Å². The number of nitrogens with two attached hydrogens (primary N) is 1. The largest absolute Gasteiger partial charge is 0.377 e. The molecule has 3 N–H and O–H groups in total. The molecule has 1 atom stereocenters. The number of hydrazine groups is 1. The first-order valence-corrected chi connectivity index (χ1v) is 7.30. The van der Waals surface area contributed by atoms with E-state index >= 15 is 0 Å². The van der Waals surface area contributed by atoms with Gasteiger partial charge in [0.1, 0.15) is 0 Å². The van der Waals surface area contributed by atoms with Crippen molar-refractivity contribution in [2.75, 3.05) is 7.11 Å². The van der Waals surface area contributed by atoms with Gasteiger partial charge in [0, 0.05) is 7.11 Å². The molecule has 1 saturated carbocycles. The minimum absolute atomic E-state index is 0.000779. The monoisotopic (exact) mass is 242 g/mol. The minimum atomic E-state index is -0.000779. The first-order chi connectivity index (χ1) is 8.29. The Kier molecular flexibility index (Phi) is 7.09. The van der Waals surface area contributed by atoms with E-state index in [0.717, 1.165) is 19.3 Å². The highest BCUT2D eigenvalue weighted by Gasteiger charge is 2.39. The molecule has 0 aliphatic heterocycles. The quantitative estimate of drug-likeness (QED) is 0.390. The van der Waals surface area contributed by atoms with Gasteiger partial charge in [-0.1, -0.05) is 51.9 Å². The molecule has 0 aromatic heterocycles. The van der Waals surface area contributed by atoms with Crippen molar-refractivity contribution in [1.29, 1.82) is 0 Å². The number of hydrogen-bond acceptors (Lipinski definition) is 3. The van der Waals surface area contributed by atoms with Crippen LogP contribution in [-0.2, 0) is 4.74 Å². The van der Waals surface area contributed by atoms with Crippen LogP contribution in [0.1, 0.15) is 71.1 Å². The highest BCUT2D eigenvalue weighted by atomic mass is 16.5. The fraction of sp³-hybridized carbons (Fsp3) is 1.00. The lowest BCUT2D eigenvalue weighted by atomic mass is 9.77. The summed E-state index contributed by atoms with van der Waals surface area (Å²) in [5.41, 5.74) is 3.01. The predicted octanol–water partition coefficient (Wildman–Crippen LogP) is 3.14. The summed E-state index contributed by atoms with van der Waals surface area (Å²) in [5.74, 6) is 5.75. The lowest BCUT2D eigenvalue weighted by Gasteiger charge is -2.42. The third-order valence-electron chi connectivity index (χ3n) is 4.29. The van der Waals surface area contributed by atoms with Crippen molar-refractivity contribution >= 4 is 0 Å². The van der Waals surface area contributed by atoms with E-state index in [0.29, 0.717) is 6.04 Å². The van der Waals surface area contributed by atoms with E-state index in [1.165, 1.54) is 44.9 Å². The average Bonchev–Trinajstić information content (AvgIpc) is 2.39. The maximum Gasteiger partial charge on any atom is 0.0844 e. The molecule has 0 heterocycles. The molecule has 1 aliphatic rings. The number of rotatable bonds is 8. The molecule has 3 heteroatoms. The van der Waals surface area contributed by atoms with E-state index in [1.807, 2.05) is 7.11 Å². The van der Waals surface area contributed by atoms with Crippen LogP contribution in [-0.4, -0.2) is 18.8 Å². The van der Waals surface area contributed by atoms with E-state index in [1.54, 1.807) is 0 Å². The lowest BCUT2D eigenvalue weighted by Crippen LogP contribution is -2.55. The van der Waals surface area contributed by atoms with Gasteiger partial charge in [0.25, 0.3) is 0 Å². The SMILES string of the molecule is CCCCCCC(NN)C1(OC)CCCCC1. The zero-order valence-electron chi connectivity index (χ0n) is 11.6. The van der Waals surface area contributed by atoms with Crippen LogP contribution in [0.15, 0.2) is 0 Å². The molecule has 1 fully saturated rings. The fourth-order valence-electron chi connectivity index (χ4n) is 3.12. The first kappa shape index (κ1) is 14.9. The molecule has 0 saturated heterocycles. The van der Waals surface area contributed by atoms with Gasteiger partial charge in [-0.2, -0.15) is 0 Å². The summed E-state index contributed by atoms with van der Waals surface area (Å²) in [6.45, 7) is 2.25. The Labute approximate surface area is 106 Å². The lowest BCUT2D eigenvalue weighted by molar-refractivity contribution is -0.0698. The summed E-state index contributed by atoms with van der Waals surface area (Å²) in [6.07, 6.45) is 12.6. The number of hydrogen-bond donors (Lipinski definition) is 2. The van der Waals surface area contributed by atoms with Crippen molar-refractivity contribution in [3.05, 3.63) is 0 Å². The number of ether oxygens (including phenoxy) is 1. The Hall–Kier alpha value is -0.120. The van der Waals surface area contributed by atoms with Crippen molar-refractivity contribution < 1.29 is 4.74 Å². The van der Waals surface area contributed by atoms with Crippen LogP contribution in [0.5, 0.6) is 0 Å². The van der Waals surface area contributed by atoms with Gasteiger partial charge in [-0.15, -0.1) is 0 Å². The molecular weight excluding hydrogens is 212 g/mol. The van der Waals surface area contributed by atoms with Gasteiger partial charge >= 0.3 is 0 Å². The molecule has 3 nitrogen and oxygen atoms in total. The van der Waals surface area contributed by atoms with Gasteiger partial charge in [-0.3, -0.25) is 11.3 Å². The van der Waals surface area contributed by atoms with E-state index in [-0.39, 0.29) is 5.60 Å². The van der Waals surface area contributed by atoms with Crippen molar-refractivity contribution in [2.45, 2.75) is 82.8 Å². The molecule has 102 valence electrons. The van der Waals surface area contributed by atoms with Gasteiger partial charge in [-0.05, 0) is 19.3 Å². The molecule has 0 bridgehead atoms. The summed E-state index contributed by atoms with van der Waals surface area (Å²) in [4.78, 5) is 0. The summed E-state index contributed by atoms with van der Waals surface area (Å²) in [6, 6.07) is 0.324. The van der Waals surface area contributed by atoms with Crippen LogP contribution in [0.4, 0.5) is 0 Å². The molecule has 0 aromatic rings. The molecule has 1 aliphatic carbocycles. The van der Waals surface area contributed by atoms with E-state index in [9.17, 15) is 0 Å². The van der Waals surface area contributed by atoms with E-state index < -0.39 is 0 Å². The van der Waals surface area contributed by atoms with E-state index in [2.05, 4.69) is 12.3 Å². The minimum Gasteiger partial charge on any atom is -0.377 e. The van der Waals surface area contributed by atoms with Crippen molar-refractivity contribution in [3.8, 4) is 0 Å².